The first-order valence-electron chi connectivity index (χ1n) is 5.25. The van der Waals surface area contributed by atoms with Gasteiger partial charge in [0.2, 0.25) is 11.6 Å². The zero-order chi connectivity index (χ0) is 16.5. The molecule has 1 amide bonds. The van der Waals surface area contributed by atoms with Crippen molar-refractivity contribution in [3.05, 3.63) is 37.9 Å². The third kappa shape index (κ3) is 3.24. The fraction of sp³-hybridized carbons (Fsp3) is 0.300. The monoisotopic (exact) mass is 307 g/mol. The molecule has 11 heteroatoms. The van der Waals surface area contributed by atoms with Gasteiger partial charge in [0.15, 0.2) is 0 Å². The molecule has 0 N–H and O–H groups in total. The predicted octanol–water partition coefficient (Wildman–Crippen LogP) is 2.50. The first-order chi connectivity index (χ1) is 9.46. The lowest BCUT2D eigenvalue weighted by molar-refractivity contribution is -0.393. The molecular weight excluding hydrogens is 299 g/mol. The number of carbonyl (C=O) groups is 1. The van der Waals surface area contributed by atoms with Crippen molar-refractivity contribution in [2.45, 2.75) is 13.1 Å². The van der Waals surface area contributed by atoms with Crippen LogP contribution in [-0.4, -0.2) is 22.8 Å². The van der Waals surface area contributed by atoms with Gasteiger partial charge in [-0.05, 0) is 0 Å². The maximum Gasteiger partial charge on any atom is 0.416 e. The molecule has 0 unspecified atom stereocenters. The second-order valence-electron chi connectivity index (χ2n) is 3.95. The van der Waals surface area contributed by atoms with Crippen molar-refractivity contribution in [2.75, 3.05) is 11.9 Å². The van der Waals surface area contributed by atoms with Gasteiger partial charge >= 0.3 is 17.6 Å². The van der Waals surface area contributed by atoms with E-state index in [2.05, 4.69) is 0 Å². The molecule has 21 heavy (non-hydrogen) atoms. The zero-order valence-corrected chi connectivity index (χ0v) is 10.7. The smallest absolute Gasteiger partial charge is 0.304 e. The standard InChI is InChI=1S/C10H8F3N3O5/c1-5(17)14(2)9-7(15(18)19)3-6(10(11,12)13)4-8(9)16(20)21/h3-4H,1-2H3. The number of amides is 1. The van der Waals surface area contributed by atoms with Crippen LogP contribution in [0, 0.1) is 20.2 Å². The highest BCUT2D eigenvalue weighted by Crippen LogP contribution is 2.42. The number of hydrogen-bond donors (Lipinski definition) is 0. The van der Waals surface area contributed by atoms with Gasteiger partial charge in [-0.15, -0.1) is 0 Å². The van der Waals surface area contributed by atoms with Crippen molar-refractivity contribution in [3.8, 4) is 0 Å². The highest BCUT2D eigenvalue weighted by Gasteiger charge is 2.39. The van der Waals surface area contributed by atoms with Crippen LogP contribution in [0.1, 0.15) is 12.5 Å². The van der Waals surface area contributed by atoms with Crippen LogP contribution in [0.3, 0.4) is 0 Å². The van der Waals surface area contributed by atoms with E-state index < -0.39 is 44.6 Å². The molecule has 1 rings (SSSR count). The van der Waals surface area contributed by atoms with Crippen LogP contribution in [0.5, 0.6) is 0 Å². The summed E-state index contributed by atoms with van der Waals surface area (Å²) in [6.45, 7) is 0.963. The number of nitro benzene ring substituents is 2. The summed E-state index contributed by atoms with van der Waals surface area (Å²) in [4.78, 5) is 31.1. The summed E-state index contributed by atoms with van der Waals surface area (Å²) in [5, 5.41) is 21.8. The number of nitro groups is 2. The maximum atomic E-state index is 12.6. The molecule has 0 aliphatic rings. The number of anilines is 1. The molecule has 0 heterocycles. The number of halogens is 3. The molecular formula is C10H8F3N3O5. The number of alkyl halides is 3. The van der Waals surface area contributed by atoms with Crippen LogP contribution in [0.2, 0.25) is 0 Å². The van der Waals surface area contributed by atoms with Gasteiger partial charge in [-0.2, -0.15) is 13.2 Å². The maximum absolute atomic E-state index is 12.6. The molecule has 0 aromatic heterocycles. The van der Waals surface area contributed by atoms with E-state index in [4.69, 9.17) is 0 Å². The Hall–Kier alpha value is -2.72. The van der Waals surface area contributed by atoms with Crippen LogP contribution < -0.4 is 4.90 Å². The molecule has 114 valence electrons. The molecule has 0 spiro atoms. The molecule has 0 aliphatic carbocycles. The van der Waals surface area contributed by atoms with Gasteiger partial charge in [-0.1, -0.05) is 0 Å². The van der Waals surface area contributed by atoms with Gasteiger partial charge in [0.25, 0.3) is 0 Å². The molecule has 0 fully saturated rings. The Kier molecular flexibility index (Phi) is 4.16. The summed E-state index contributed by atoms with van der Waals surface area (Å²) in [5.41, 5.74) is -4.68. The SMILES string of the molecule is CC(=O)N(C)c1c([N+](=O)[O-])cc(C(F)(F)F)cc1[N+](=O)[O-]. The minimum absolute atomic E-state index is 0.155. The lowest BCUT2D eigenvalue weighted by atomic mass is 10.1. The van der Waals surface area contributed by atoms with E-state index >= 15 is 0 Å². The Morgan fingerprint density at radius 1 is 1.14 bits per heavy atom. The third-order valence-electron chi connectivity index (χ3n) is 2.60. The summed E-state index contributed by atoms with van der Waals surface area (Å²) >= 11 is 0. The van der Waals surface area contributed by atoms with Crippen molar-refractivity contribution in [1.29, 1.82) is 0 Å². The summed E-state index contributed by atoms with van der Waals surface area (Å²) in [6.07, 6.45) is -5.00. The molecule has 0 aliphatic heterocycles. The minimum atomic E-state index is -5.00. The number of nitrogens with zero attached hydrogens (tertiary/aromatic N) is 3. The molecule has 0 saturated carbocycles. The van der Waals surface area contributed by atoms with E-state index in [1.165, 1.54) is 0 Å². The fourth-order valence-corrected chi connectivity index (χ4v) is 1.55. The van der Waals surface area contributed by atoms with Gasteiger partial charge in [0.05, 0.1) is 15.4 Å². The lowest BCUT2D eigenvalue weighted by Crippen LogP contribution is -2.25. The normalized spacial score (nSPS) is 11.1. The summed E-state index contributed by atoms with van der Waals surface area (Å²) in [6, 6.07) is 0.309. The van der Waals surface area contributed by atoms with E-state index in [1.807, 2.05) is 0 Å². The molecule has 0 atom stereocenters. The van der Waals surface area contributed by atoms with E-state index in [9.17, 15) is 38.2 Å². The number of hydrogen-bond acceptors (Lipinski definition) is 5. The van der Waals surface area contributed by atoms with Crippen LogP contribution in [0.4, 0.5) is 30.2 Å². The summed E-state index contributed by atoms with van der Waals surface area (Å²) in [5.74, 6) is -0.805. The largest absolute Gasteiger partial charge is 0.416 e. The number of rotatable bonds is 3. The van der Waals surface area contributed by atoms with Crippen LogP contribution in [0.15, 0.2) is 12.1 Å². The van der Waals surface area contributed by atoms with Crippen molar-refractivity contribution in [1.82, 2.24) is 0 Å². The first kappa shape index (κ1) is 16.3. The van der Waals surface area contributed by atoms with Gasteiger partial charge in [0.1, 0.15) is 0 Å². The third-order valence-corrected chi connectivity index (χ3v) is 2.60. The van der Waals surface area contributed by atoms with Crippen molar-refractivity contribution in [2.24, 2.45) is 0 Å². The summed E-state index contributed by atoms with van der Waals surface area (Å²) < 4.78 is 37.9. The van der Waals surface area contributed by atoms with Crippen LogP contribution >= 0.6 is 0 Å². The molecule has 0 radical (unpaired) electrons. The summed E-state index contributed by atoms with van der Waals surface area (Å²) in [7, 11) is 0.991. The van der Waals surface area contributed by atoms with Crippen molar-refractivity contribution >= 4 is 23.0 Å². The molecule has 1 aromatic carbocycles. The van der Waals surface area contributed by atoms with Crippen LogP contribution in [0.25, 0.3) is 0 Å². The molecule has 0 saturated heterocycles. The second-order valence-corrected chi connectivity index (χ2v) is 3.95. The highest BCUT2D eigenvalue weighted by atomic mass is 19.4. The number of benzene rings is 1. The predicted molar refractivity (Wildman–Crippen MR) is 63.8 cm³/mol. The van der Waals surface area contributed by atoms with E-state index in [-0.39, 0.29) is 12.1 Å². The quantitative estimate of drug-likeness (QED) is 0.630. The van der Waals surface area contributed by atoms with E-state index in [0.717, 1.165) is 14.0 Å². The molecule has 8 nitrogen and oxygen atoms in total. The van der Waals surface area contributed by atoms with Gasteiger partial charge < -0.3 is 4.90 Å². The van der Waals surface area contributed by atoms with Gasteiger partial charge in [-0.3, -0.25) is 25.0 Å². The molecule has 0 bridgehead atoms. The van der Waals surface area contributed by atoms with Gasteiger partial charge in [0, 0.05) is 26.1 Å². The Morgan fingerprint density at radius 2 is 1.52 bits per heavy atom. The van der Waals surface area contributed by atoms with Crippen molar-refractivity contribution < 1.29 is 27.8 Å². The topological polar surface area (TPSA) is 107 Å². The Morgan fingerprint density at radius 3 is 1.76 bits per heavy atom. The average molecular weight is 307 g/mol. The molecule has 1 aromatic rings. The lowest BCUT2D eigenvalue weighted by Gasteiger charge is -2.16. The average Bonchev–Trinajstić information content (AvgIpc) is 2.34. The minimum Gasteiger partial charge on any atom is -0.304 e. The Bertz CT molecular complexity index is 594. The fourth-order valence-electron chi connectivity index (χ4n) is 1.55. The van der Waals surface area contributed by atoms with Crippen molar-refractivity contribution in [3.63, 3.8) is 0 Å². The van der Waals surface area contributed by atoms with E-state index in [1.54, 1.807) is 0 Å². The zero-order valence-electron chi connectivity index (χ0n) is 10.7. The van der Waals surface area contributed by atoms with Gasteiger partial charge in [-0.25, -0.2) is 0 Å². The second kappa shape index (κ2) is 5.34. The van der Waals surface area contributed by atoms with E-state index in [0.29, 0.717) is 4.90 Å². The number of carbonyl (C=O) groups excluding carboxylic acids is 1. The first-order valence-corrected chi connectivity index (χ1v) is 5.25. The van der Waals surface area contributed by atoms with Crippen LogP contribution in [-0.2, 0) is 11.0 Å². The Labute approximate surface area is 115 Å². The highest BCUT2D eigenvalue weighted by molar-refractivity contribution is 5.96. The Balaban J connectivity index is 3.80.